The third kappa shape index (κ3) is 4.56. The molecule has 1 heterocycles. The third-order valence-corrected chi connectivity index (χ3v) is 3.85. The second kappa shape index (κ2) is 8.24. The van der Waals surface area contributed by atoms with Crippen molar-refractivity contribution in [1.82, 2.24) is 20.4 Å². The van der Waals surface area contributed by atoms with Gasteiger partial charge in [0.1, 0.15) is 6.04 Å². The smallest absolute Gasteiger partial charge is 0.355 e. The van der Waals surface area contributed by atoms with Gasteiger partial charge in [0.05, 0.1) is 11.3 Å². The quantitative estimate of drug-likeness (QED) is 0.806. The number of carbonyl (C=O) groups excluding carboxylic acids is 2. The molecule has 10 heteroatoms. The van der Waals surface area contributed by atoms with Gasteiger partial charge in [0.2, 0.25) is 11.3 Å². The monoisotopic (exact) mass is 396 g/mol. The van der Waals surface area contributed by atoms with Gasteiger partial charge in [0.25, 0.3) is 5.91 Å². The zero-order valence-corrected chi connectivity index (χ0v) is 15.4. The van der Waals surface area contributed by atoms with Crippen LogP contribution in [0.15, 0.2) is 35.1 Å². The van der Waals surface area contributed by atoms with Crippen LogP contribution < -0.4 is 16.1 Å². The number of hydrogen-bond acceptors (Lipinski definition) is 4. The molecule has 0 aliphatic heterocycles. The van der Waals surface area contributed by atoms with Crippen LogP contribution in [0.1, 0.15) is 35.6 Å². The average molecular weight is 396 g/mol. The number of aromatic nitrogens is 2. The van der Waals surface area contributed by atoms with Crippen molar-refractivity contribution in [3.63, 3.8) is 0 Å². The molecule has 1 atom stereocenters. The summed E-state index contributed by atoms with van der Waals surface area (Å²) in [4.78, 5) is 36.3. The highest BCUT2D eigenvalue weighted by Gasteiger charge is 2.34. The van der Waals surface area contributed by atoms with Gasteiger partial charge in [-0.3, -0.25) is 14.4 Å². The topological polar surface area (TPSA) is 93.1 Å². The molecule has 150 valence electrons. The van der Waals surface area contributed by atoms with Crippen LogP contribution in [0.2, 0.25) is 0 Å². The molecule has 7 nitrogen and oxygen atoms in total. The normalized spacial score (nSPS) is 12.4. The van der Waals surface area contributed by atoms with Crippen LogP contribution in [0.4, 0.5) is 13.2 Å². The lowest BCUT2D eigenvalue weighted by Gasteiger charge is -2.17. The van der Waals surface area contributed by atoms with Gasteiger partial charge < -0.3 is 10.6 Å². The van der Waals surface area contributed by atoms with E-state index in [1.54, 1.807) is 6.92 Å². The summed E-state index contributed by atoms with van der Waals surface area (Å²) in [5, 5.41) is 8.66. The van der Waals surface area contributed by atoms with Gasteiger partial charge in [-0.25, -0.2) is 4.68 Å². The number of para-hydroxylation sites is 1. The number of alkyl halides is 3. The number of hydrogen-bond donors (Lipinski definition) is 2. The fourth-order valence-electron chi connectivity index (χ4n) is 2.50. The highest BCUT2D eigenvalue weighted by atomic mass is 19.4. The summed E-state index contributed by atoms with van der Waals surface area (Å²) in [6.07, 6.45) is -4.65. The van der Waals surface area contributed by atoms with Crippen LogP contribution in [0, 0.1) is 6.92 Å². The highest BCUT2D eigenvalue weighted by Crippen LogP contribution is 2.33. The second-order valence-electron chi connectivity index (χ2n) is 6.02. The van der Waals surface area contributed by atoms with E-state index >= 15 is 0 Å². The zero-order valence-electron chi connectivity index (χ0n) is 15.4. The van der Waals surface area contributed by atoms with Crippen LogP contribution >= 0.6 is 0 Å². The molecule has 1 aromatic heterocycles. The number of nitrogens with zero attached hydrogens (tertiary/aromatic N) is 2. The first kappa shape index (κ1) is 21.1. The molecule has 2 rings (SSSR count). The molecule has 2 N–H and O–H groups in total. The number of nitrogens with one attached hydrogen (secondary N) is 2. The van der Waals surface area contributed by atoms with Crippen LogP contribution in [0.25, 0.3) is 5.69 Å². The predicted molar refractivity (Wildman–Crippen MR) is 95.2 cm³/mol. The highest BCUT2D eigenvalue weighted by molar-refractivity contribution is 5.95. The van der Waals surface area contributed by atoms with E-state index in [1.165, 1.54) is 32.0 Å². The van der Waals surface area contributed by atoms with Crippen molar-refractivity contribution >= 4 is 11.8 Å². The first-order valence-corrected chi connectivity index (χ1v) is 8.42. The third-order valence-electron chi connectivity index (χ3n) is 3.85. The molecule has 0 unspecified atom stereocenters. The van der Waals surface area contributed by atoms with E-state index in [-0.39, 0.29) is 11.4 Å². The van der Waals surface area contributed by atoms with Gasteiger partial charge >= 0.3 is 6.18 Å². The van der Waals surface area contributed by atoms with Crippen molar-refractivity contribution in [3.05, 3.63) is 57.5 Å². The molecular weight excluding hydrogens is 377 g/mol. The Hall–Kier alpha value is -3.17. The number of rotatable bonds is 5. The summed E-state index contributed by atoms with van der Waals surface area (Å²) in [7, 11) is 0. The summed E-state index contributed by atoms with van der Waals surface area (Å²) in [6, 6.07) is 4.75. The minimum Gasteiger partial charge on any atom is -0.355 e. The van der Waals surface area contributed by atoms with Gasteiger partial charge in [0, 0.05) is 18.3 Å². The first-order valence-electron chi connectivity index (χ1n) is 8.42. The molecule has 28 heavy (non-hydrogen) atoms. The van der Waals surface area contributed by atoms with Gasteiger partial charge in [-0.1, -0.05) is 12.1 Å². The Morgan fingerprint density at radius 3 is 2.50 bits per heavy atom. The van der Waals surface area contributed by atoms with Crippen molar-refractivity contribution in [2.24, 2.45) is 0 Å². The zero-order chi connectivity index (χ0) is 21.1. The van der Waals surface area contributed by atoms with Crippen molar-refractivity contribution in [2.75, 3.05) is 6.54 Å². The Kier molecular flexibility index (Phi) is 6.22. The Bertz CT molecular complexity index is 954. The van der Waals surface area contributed by atoms with E-state index in [0.717, 1.165) is 16.8 Å². The Balaban J connectivity index is 2.48. The van der Waals surface area contributed by atoms with E-state index in [9.17, 15) is 27.6 Å². The fraction of sp³-hybridized carbons (Fsp3) is 0.333. The second-order valence-corrected chi connectivity index (χ2v) is 6.02. The van der Waals surface area contributed by atoms with Gasteiger partial charge in [-0.2, -0.15) is 18.3 Å². The molecule has 0 saturated carbocycles. The maximum Gasteiger partial charge on any atom is 0.418 e. The fourth-order valence-corrected chi connectivity index (χ4v) is 2.50. The van der Waals surface area contributed by atoms with Gasteiger partial charge in [-0.15, -0.1) is 0 Å². The van der Waals surface area contributed by atoms with E-state index in [2.05, 4.69) is 15.7 Å². The molecule has 0 bridgehead atoms. The molecule has 2 aromatic rings. The molecule has 0 fully saturated rings. The SMILES string of the molecule is CCNC(=O)[C@H](C)NC(=O)c1nn(-c2ccccc2C(F)(F)F)c(C)cc1=O. The molecule has 0 saturated heterocycles. The van der Waals surface area contributed by atoms with Crippen molar-refractivity contribution in [3.8, 4) is 5.69 Å². The standard InChI is InChI=1S/C18H19F3N4O3/c1-4-22-16(27)11(3)23-17(28)15-14(26)9-10(2)25(24-15)13-8-6-5-7-12(13)18(19,20)21/h5-9,11H,4H2,1-3H3,(H,22,27)(H,23,28)/t11-/m0/s1. The van der Waals surface area contributed by atoms with Gasteiger partial charge in [0.15, 0.2) is 5.69 Å². The van der Waals surface area contributed by atoms with E-state index in [4.69, 9.17) is 0 Å². The van der Waals surface area contributed by atoms with Crippen molar-refractivity contribution in [1.29, 1.82) is 0 Å². The number of amides is 2. The molecule has 0 aliphatic carbocycles. The lowest BCUT2D eigenvalue weighted by molar-refractivity contribution is -0.137. The summed E-state index contributed by atoms with van der Waals surface area (Å²) >= 11 is 0. The van der Waals surface area contributed by atoms with Crippen molar-refractivity contribution < 1.29 is 22.8 Å². The summed E-state index contributed by atoms with van der Waals surface area (Å²) in [5.74, 6) is -1.42. The van der Waals surface area contributed by atoms with Crippen LogP contribution in [-0.4, -0.2) is 34.2 Å². The number of halogens is 3. The van der Waals surface area contributed by atoms with Crippen LogP contribution in [0.3, 0.4) is 0 Å². The molecule has 0 spiro atoms. The molecule has 2 amide bonds. The number of aryl methyl sites for hydroxylation is 1. The largest absolute Gasteiger partial charge is 0.418 e. The molecule has 0 aliphatic rings. The van der Waals surface area contributed by atoms with Crippen LogP contribution in [0.5, 0.6) is 0 Å². The Morgan fingerprint density at radius 1 is 1.25 bits per heavy atom. The van der Waals surface area contributed by atoms with Crippen LogP contribution in [-0.2, 0) is 11.0 Å². The lowest BCUT2D eigenvalue weighted by Crippen LogP contribution is -2.46. The Morgan fingerprint density at radius 2 is 1.89 bits per heavy atom. The molecule has 0 radical (unpaired) electrons. The minimum absolute atomic E-state index is 0.120. The van der Waals surface area contributed by atoms with Gasteiger partial charge in [-0.05, 0) is 32.9 Å². The van der Waals surface area contributed by atoms with E-state index in [0.29, 0.717) is 6.54 Å². The first-order chi connectivity index (χ1) is 13.1. The maximum atomic E-state index is 13.3. The summed E-state index contributed by atoms with van der Waals surface area (Å²) < 4.78 is 40.8. The number of benzene rings is 1. The molecular formula is C18H19F3N4O3. The van der Waals surface area contributed by atoms with E-state index < -0.39 is 40.7 Å². The summed E-state index contributed by atoms with van der Waals surface area (Å²) in [6.45, 7) is 4.86. The number of carbonyl (C=O) groups is 2. The molecule has 1 aromatic carbocycles. The average Bonchev–Trinajstić information content (AvgIpc) is 2.61. The maximum absolute atomic E-state index is 13.3. The van der Waals surface area contributed by atoms with E-state index in [1.807, 2.05) is 0 Å². The number of likely N-dealkylation sites (N-methyl/N-ethyl adjacent to an activating group) is 1. The lowest BCUT2D eigenvalue weighted by atomic mass is 10.1. The minimum atomic E-state index is -4.65. The Labute approximate surface area is 158 Å². The predicted octanol–water partition coefficient (Wildman–Crippen LogP) is 1.81. The van der Waals surface area contributed by atoms with Crippen molar-refractivity contribution in [2.45, 2.75) is 33.0 Å². The summed E-state index contributed by atoms with van der Waals surface area (Å²) in [5.41, 5.74) is -2.54.